The summed E-state index contributed by atoms with van der Waals surface area (Å²) in [6.45, 7) is 5.76. The summed E-state index contributed by atoms with van der Waals surface area (Å²) in [6, 6.07) is 5.42. The lowest BCUT2D eigenvalue weighted by Crippen LogP contribution is -2.48. The number of pyridine rings is 1. The lowest BCUT2D eigenvalue weighted by Gasteiger charge is -2.40. The first-order chi connectivity index (χ1) is 10.8. The lowest BCUT2D eigenvalue weighted by atomic mass is 9.79. The number of carbonyl (C=O) groups is 1. The average Bonchev–Trinajstić information content (AvgIpc) is 3.07. The van der Waals surface area contributed by atoms with Crippen LogP contribution in [0.1, 0.15) is 36.2 Å². The number of nitrogens with one attached hydrogen (secondary N) is 1. The van der Waals surface area contributed by atoms with Crippen LogP contribution in [0, 0.1) is 5.41 Å². The van der Waals surface area contributed by atoms with Crippen molar-refractivity contribution in [3.8, 4) is 0 Å². The standard InChI is InChI=1S/C17H25N3O2/c21-16(15-5-1-2-8-18-15)19-13-17(6-11-22-12-7-17)14-20-9-3-4-10-20/h1-2,5,8H,3-4,6-7,9-14H2,(H,19,21). The van der Waals surface area contributed by atoms with E-state index in [2.05, 4.69) is 15.2 Å². The van der Waals surface area contributed by atoms with Crippen LogP contribution in [0.25, 0.3) is 0 Å². The number of aromatic nitrogens is 1. The molecule has 0 spiro atoms. The first kappa shape index (κ1) is 15.4. The molecule has 1 aromatic rings. The van der Waals surface area contributed by atoms with E-state index in [4.69, 9.17) is 4.74 Å². The fourth-order valence-electron chi connectivity index (χ4n) is 3.47. The van der Waals surface area contributed by atoms with Crippen LogP contribution in [-0.4, -0.2) is 55.2 Å². The lowest BCUT2D eigenvalue weighted by molar-refractivity contribution is -0.000653. The minimum Gasteiger partial charge on any atom is -0.381 e. The molecule has 5 nitrogen and oxygen atoms in total. The molecule has 0 aliphatic carbocycles. The molecule has 2 fully saturated rings. The Bertz CT molecular complexity index is 480. The van der Waals surface area contributed by atoms with Crippen molar-refractivity contribution >= 4 is 5.91 Å². The molecule has 5 heteroatoms. The van der Waals surface area contributed by atoms with E-state index in [1.807, 2.05) is 12.1 Å². The van der Waals surface area contributed by atoms with Crippen LogP contribution in [0.2, 0.25) is 0 Å². The van der Waals surface area contributed by atoms with Gasteiger partial charge in [0.05, 0.1) is 0 Å². The molecule has 1 amide bonds. The van der Waals surface area contributed by atoms with Gasteiger partial charge in [-0.3, -0.25) is 9.78 Å². The number of nitrogens with zero attached hydrogens (tertiary/aromatic N) is 2. The van der Waals surface area contributed by atoms with Crippen LogP contribution >= 0.6 is 0 Å². The molecular formula is C17H25N3O2. The third kappa shape index (κ3) is 3.84. The zero-order valence-electron chi connectivity index (χ0n) is 13.1. The molecule has 1 aromatic heterocycles. The van der Waals surface area contributed by atoms with Crippen molar-refractivity contribution in [3.63, 3.8) is 0 Å². The Morgan fingerprint density at radius 2 is 2.05 bits per heavy atom. The van der Waals surface area contributed by atoms with Crippen molar-refractivity contribution in [2.45, 2.75) is 25.7 Å². The Kier molecular flexibility index (Phi) is 5.05. The van der Waals surface area contributed by atoms with Crippen molar-refractivity contribution < 1.29 is 9.53 Å². The second-order valence-corrected chi connectivity index (χ2v) is 6.49. The SMILES string of the molecule is O=C(NCC1(CN2CCCC2)CCOCC1)c1ccccn1. The fourth-order valence-corrected chi connectivity index (χ4v) is 3.47. The highest BCUT2D eigenvalue weighted by atomic mass is 16.5. The molecule has 2 aliphatic rings. The molecule has 0 radical (unpaired) electrons. The summed E-state index contributed by atoms with van der Waals surface area (Å²) in [6.07, 6.45) is 6.29. The van der Waals surface area contributed by atoms with Crippen molar-refractivity contribution in [1.29, 1.82) is 0 Å². The molecule has 1 N–H and O–H groups in total. The summed E-state index contributed by atoms with van der Waals surface area (Å²) in [4.78, 5) is 18.9. The Labute approximate surface area is 132 Å². The van der Waals surface area contributed by atoms with E-state index in [9.17, 15) is 4.79 Å². The van der Waals surface area contributed by atoms with Gasteiger partial charge in [0.2, 0.25) is 0 Å². The molecule has 3 heterocycles. The van der Waals surface area contributed by atoms with Gasteiger partial charge in [-0.2, -0.15) is 0 Å². The van der Waals surface area contributed by atoms with E-state index in [1.54, 1.807) is 12.3 Å². The number of ether oxygens (including phenoxy) is 1. The molecule has 0 unspecified atom stereocenters. The van der Waals surface area contributed by atoms with Crippen molar-refractivity contribution in [2.24, 2.45) is 5.41 Å². The summed E-state index contributed by atoms with van der Waals surface area (Å²) >= 11 is 0. The summed E-state index contributed by atoms with van der Waals surface area (Å²) in [5, 5.41) is 3.10. The zero-order valence-corrected chi connectivity index (χ0v) is 13.1. The maximum absolute atomic E-state index is 12.2. The normalized spacial score (nSPS) is 21.6. The largest absolute Gasteiger partial charge is 0.381 e. The molecule has 0 bridgehead atoms. The highest BCUT2D eigenvalue weighted by molar-refractivity contribution is 5.92. The Balaban J connectivity index is 1.61. The van der Waals surface area contributed by atoms with Gasteiger partial charge < -0.3 is 15.0 Å². The average molecular weight is 303 g/mol. The van der Waals surface area contributed by atoms with Gasteiger partial charge in [0, 0.05) is 37.9 Å². The van der Waals surface area contributed by atoms with E-state index in [0.717, 1.165) is 32.6 Å². The summed E-state index contributed by atoms with van der Waals surface area (Å²) < 4.78 is 5.54. The molecule has 120 valence electrons. The molecule has 0 aromatic carbocycles. The van der Waals surface area contributed by atoms with E-state index < -0.39 is 0 Å². The van der Waals surface area contributed by atoms with E-state index >= 15 is 0 Å². The van der Waals surface area contributed by atoms with Crippen LogP contribution in [0.4, 0.5) is 0 Å². The summed E-state index contributed by atoms with van der Waals surface area (Å²) in [7, 11) is 0. The monoisotopic (exact) mass is 303 g/mol. The maximum Gasteiger partial charge on any atom is 0.269 e. The zero-order chi connectivity index (χ0) is 15.3. The highest BCUT2D eigenvalue weighted by Crippen LogP contribution is 2.32. The summed E-state index contributed by atoms with van der Waals surface area (Å²) in [5.74, 6) is -0.0760. The van der Waals surface area contributed by atoms with Gasteiger partial charge in [0.1, 0.15) is 5.69 Å². The number of amides is 1. The third-order valence-corrected chi connectivity index (χ3v) is 4.83. The first-order valence-electron chi connectivity index (χ1n) is 8.27. The van der Waals surface area contributed by atoms with Gasteiger partial charge in [-0.05, 0) is 50.9 Å². The first-order valence-corrected chi connectivity index (χ1v) is 8.27. The minimum atomic E-state index is -0.0760. The fraction of sp³-hybridized carbons (Fsp3) is 0.647. The van der Waals surface area contributed by atoms with E-state index in [0.29, 0.717) is 12.2 Å². The number of hydrogen-bond acceptors (Lipinski definition) is 4. The van der Waals surface area contributed by atoms with Crippen LogP contribution in [-0.2, 0) is 4.74 Å². The predicted octanol–water partition coefficient (Wildman–Crippen LogP) is 1.70. The Morgan fingerprint density at radius 1 is 1.27 bits per heavy atom. The Hall–Kier alpha value is -1.46. The quantitative estimate of drug-likeness (QED) is 0.899. The molecule has 2 saturated heterocycles. The van der Waals surface area contributed by atoms with Crippen LogP contribution in [0.5, 0.6) is 0 Å². The predicted molar refractivity (Wildman–Crippen MR) is 84.7 cm³/mol. The molecule has 2 aliphatic heterocycles. The van der Waals surface area contributed by atoms with Gasteiger partial charge in [-0.1, -0.05) is 6.07 Å². The Morgan fingerprint density at radius 3 is 2.73 bits per heavy atom. The van der Waals surface area contributed by atoms with Gasteiger partial charge in [0.25, 0.3) is 5.91 Å². The number of rotatable bonds is 5. The number of likely N-dealkylation sites (tertiary alicyclic amines) is 1. The van der Waals surface area contributed by atoms with E-state index in [-0.39, 0.29) is 11.3 Å². The smallest absolute Gasteiger partial charge is 0.269 e. The topological polar surface area (TPSA) is 54.5 Å². The second-order valence-electron chi connectivity index (χ2n) is 6.49. The molecule has 22 heavy (non-hydrogen) atoms. The minimum absolute atomic E-state index is 0.0760. The van der Waals surface area contributed by atoms with Crippen LogP contribution in [0.15, 0.2) is 24.4 Å². The van der Waals surface area contributed by atoms with E-state index in [1.165, 1.54) is 25.9 Å². The molecular weight excluding hydrogens is 278 g/mol. The highest BCUT2D eigenvalue weighted by Gasteiger charge is 2.35. The van der Waals surface area contributed by atoms with Gasteiger partial charge in [-0.15, -0.1) is 0 Å². The second kappa shape index (κ2) is 7.20. The van der Waals surface area contributed by atoms with Crippen molar-refractivity contribution in [1.82, 2.24) is 15.2 Å². The number of carbonyl (C=O) groups excluding carboxylic acids is 1. The van der Waals surface area contributed by atoms with Crippen molar-refractivity contribution in [2.75, 3.05) is 39.4 Å². The van der Waals surface area contributed by atoms with Crippen molar-refractivity contribution in [3.05, 3.63) is 30.1 Å². The molecule has 0 atom stereocenters. The third-order valence-electron chi connectivity index (χ3n) is 4.83. The molecule has 3 rings (SSSR count). The van der Waals surface area contributed by atoms with Crippen LogP contribution < -0.4 is 5.32 Å². The number of hydrogen-bond donors (Lipinski definition) is 1. The van der Waals surface area contributed by atoms with Gasteiger partial charge in [-0.25, -0.2) is 0 Å². The summed E-state index contributed by atoms with van der Waals surface area (Å²) in [5.41, 5.74) is 0.637. The van der Waals surface area contributed by atoms with Gasteiger partial charge in [0.15, 0.2) is 0 Å². The maximum atomic E-state index is 12.2. The van der Waals surface area contributed by atoms with Gasteiger partial charge >= 0.3 is 0 Å². The molecule has 0 saturated carbocycles. The van der Waals surface area contributed by atoms with Crippen LogP contribution in [0.3, 0.4) is 0 Å².